The van der Waals surface area contributed by atoms with Crippen molar-refractivity contribution in [3.63, 3.8) is 0 Å². The number of rotatable bonds is 10. The van der Waals surface area contributed by atoms with Gasteiger partial charge in [0.1, 0.15) is 12.6 Å². The summed E-state index contributed by atoms with van der Waals surface area (Å²) in [6.07, 6.45) is -1.50. The molecule has 6 rings (SSSR count). The van der Waals surface area contributed by atoms with E-state index in [1.165, 1.54) is 0 Å². The molecule has 2 fully saturated rings. The lowest BCUT2D eigenvalue weighted by molar-refractivity contribution is -0.245. The van der Waals surface area contributed by atoms with Crippen molar-refractivity contribution in [1.29, 1.82) is 0 Å². The van der Waals surface area contributed by atoms with Crippen LogP contribution in [-0.2, 0) is 37.0 Å². The van der Waals surface area contributed by atoms with Crippen LogP contribution in [0.25, 0.3) is 0 Å². The minimum absolute atomic E-state index is 0.0418. The molecule has 3 amide bonds. The molecule has 0 bridgehead atoms. The van der Waals surface area contributed by atoms with Crippen LogP contribution in [0.4, 0.5) is 10.5 Å². The summed E-state index contributed by atoms with van der Waals surface area (Å²) in [6.45, 7) is 0.00592. The largest absolute Gasteiger partial charge is 0.445 e. The van der Waals surface area contributed by atoms with Crippen LogP contribution in [0.15, 0.2) is 114 Å². The fourth-order valence-electron chi connectivity index (χ4n) is 5.46. The van der Waals surface area contributed by atoms with Crippen LogP contribution >= 0.6 is 11.8 Å². The van der Waals surface area contributed by atoms with Crippen molar-refractivity contribution in [3.8, 4) is 0 Å². The van der Waals surface area contributed by atoms with Gasteiger partial charge in [-0.05, 0) is 41.0 Å². The minimum atomic E-state index is -1.03. The number of carbonyl (C=O) groups excluding carboxylic acids is 3. The van der Waals surface area contributed by atoms with Crippen LogP contribution in [0, 0.1) is 0 Å². The highest BCUT2D eigenvalue weighted by molar-refractivity contribution is 7.99. The van der Waals surface area contributed by atoms with Crippen molar-refractivity contribution in [2.45, 2.75) is 55.5 Å². The molecule has 9 nitrogen and oxygen atoms in total. The fraction of sp³-hybridized carbons (Fsp3) is 0.250. The third-order valence-electron chi connectivity index (χ3n) is 7.85. The number of carbonyl (C=O) groups is 3. The highest BCUT2D eigenvalue weighted by Gasteiger charge is 2.41. The standard InChI is InChI=1S/C36H34N2O7S/c39-21-24-14-16-26(17-15-24)32-19-29(23-46-30-12-5-2-6-13-30)44-35(45-32)27-10-7-11-28(18-27)38-33(40)20-31(34(38)41)37-36(42)43-22-25-8-3-1-4-9-25/h1-18,29,31-32,35,39H,19-23H2,(H,37,42)/t29-,31?,32+,35+/m1/s1. The predicted octanol–water partition coefficient (Wildman–Crippen LogP) is 6.07. The molecular weight excluding hydrogens is 604 g/mol. The predicted molar refractivity (Wildman–Crippen MR) is 173 cm³/mol. The Kier molecular flexibility index (Phi) is 10.1. The summed E-state index contributed by atoms with van der Waals surface area (Å²) in [6, 6.07) is 32.9. The van der Waals surface area contributed by atoms with Gasteiger partial charge in [-0.3, -0.25) is 9.59 Å². The summed E-state index contributed by atoms with van der Waals surface area (Å²) < 4.78 is 18.2. The third-order valence-corrected chi connectivity index (χ3v) is 8.99. The lowest BCUT2D eigenvalue weighted by Crippen LogP contribution is -2.42. The molecule has 4 atom stereocenters. The van der Waals surface area contributed by atoms with E-state index in [2.05, 4.69) is 17.4 Å². The van der Waals surface area contributed by atoms with Crippen LogP contribution in [0.5, 0.6) is 0 Å². The molecule has 236 valence electrons. The molecule has 0 spiro atoms. The van der Waals surface area contributed by atoms with Crippen LogP contribution in [0.1, 0.15) is 47.5 Å². The van der Waals surface area contributed by atoms with Gasteiger partial charge in [-0.15, -0.1) is 11.8 Å². The van der Waals surface area contributed by atoms with E-state index < -0.39 is 30.2 Å². The van der Waals surface area contributed by atoms with E-state index in [4.69, 9.17) is 14.2 Å². The van der Waals surface area contributed by atoms with Gasteiger partial charge in [-0.2, -0.15) is 0 Å². The van der Waals surface area contributed by atoms with E-state index in [9.17, 15) is 19.5 Å². The maximum Gasteiger partial charge on any atom is 0.408 e. The summed E-state index contributed by atoms with van der Waals surface area (Å²) in [7, 11) is 0. The molecule has 46 heavy (non-hydrogen) atoms. The summed E-state index contributed by atoms with van der Waals surface area (Å²) in [5.74, 6) is -0.269. The van der Waals surface area contributed by atoms with Crippen molar-refractivity contribution >= 4 is 35.4 Å². The van der Waals surface area contributed by atoms with E-state index in [1.807, 2.05) is 78.9 Å². The number of nitrogens with one attached hydrogen (secondary N) is 1. The number of hydrogen-bond donors (Lipinski definition) is 2. The number of aliphatic hydroxyl groups excluding tert-OH is 1. The second kappa shape index (κ2) is 14.7. The topological polar surface area (TPSA) is 114 Å². The Morgan fingerprint density at radius 2 is 1.61 bits per heavy atom. The molecule has 2 heterocycles. The lowest BCUT2D eigenvalue weighted by Gasteiger charge is -2.36. The van der Waals surface area contributed by atoms with Gasteiger partial charge < -0.3 is 24.6 Å². The first-order valence-electron chi connectivity index (χ1n) is 15.1. The van der Waals surface area contributed by atoms with Gasteiger partial charge >= 0.3 is 6.09 Å². The summed E-state index contributed by atoms with van der Waals surface area (Å²) in [5, 5.41) is 12.0. The molecular formula is C36H34N2O7S. The molecule has 0 saturated carbocycles. The van der Waals surface area contributed by atoms with Crippen LogP contribution < -0.4 is 10.2 Å². The van der Waals surface area contributed by atoms with E-state index in [0.717, 1.165) is 26.5 Å². The van der Waals surface area contributed by atoms with E-state index in [-0.39, 0.29) is 31.8 Å². The number of imide groups is 1. The molecule has 2 aliphatic rings. The Morgan fingerprint density at radius 1 is 0.870 bits per heavy atom. The lowest BCUT2D eigenvalue weighted by atomic mass is 10.0. The zero-order valence-corrected chi connectivity index (χ0v) is 25.8. The highest BCUT2D eigenvalue weighted by atomic mass is 32.2. The van der Waals surface area contributed by atoms with Gasteiger partial charge in [-0.25, -0.2) is 9.69 Å². The zero-order valence-electron chi connectivity index (χ0n) is 25.0. The van der Waals surface area contributed by atoms with E-state index in [0.29, 0.717) is 23.4 Å². The zero-order chi connectivity index (χ0) is 31.9. The van der Waals surface area contributed by atoms with Gasteiger partial charge in [-0.1, -0.05) is 84.9 Å². The van der Waals surface area contributed by atoms with Gasteiger partial charge in [0.05, 0.1) is 30.9 Å². The average molecular weight is 639 g/mol. The highest BCUT2D eigenvalue weighted by Crippen LogP contribution is 2.40. The molecule has 4 aromatic rings. The molecule has 0 radical (unpaired) electrons. The maximum atomic E-state index is 13.3. The second-order valence-electron chi connectivity index (χ2n) is 11.1. The van der Waals surface area contributed by atoms with E-state index >= 15 is 0 Å². The first-order chi connectivity index (χ1) is 22.5. The first-order valence-corrected chi connectivity index (χ1v) is 16.1. The second-order valence-corrected chi connectivity index (χ2v) is 12.2. The molecule has 10 heteroatoms. The maximum absolute atomic E-state index is 13.3. The Labute approximate surface area is 271 Å². The summed E-state index contributed by atoms with van der Waals surface area (Å²) in [5.41, 5.74) is 3.61. The molecule has 1 unspecified atom stereocenters. The third kappa shape index (κ3) is 7.66. The summed E-state index contributed by atoms with van der Waals surface area (Å²) >= 11 is 1.70. The monoisotopic (exact) mass is 638 g/mol. The van der Waals surface area contributed by atoms with Crippen molar-refractivity contribution in [3.05, 3.63) is 131 Å². The minimum Gasteiger partial charge on any atom is -0.445 e. The smallest absolute Gasteiger partial charge is 0.408 e. The Bertz CT molecular complexity index is 1650. The van der Waals surface area contributed by atoms with E-state index in [1.54, 1.807) is 30.0 Å². The number of amides is 3. The van der Waals surface area contributed by atoms with Gasteiger partial charge in [0.2, 0.25) is 5.91 Å². The number of anilines is 1. The normalized spacial score (nSPS) is 21.3. The van der Waals surface area contributed by atoms with Crippen molar-refractivity contribution in [2.75, 3.05) is 10.7 Å². The fourth-order valence-corrected chi connectivity index (χ4v) is 6.40. The van der Waals surface area contributed by atoms with Gasteiger partial charge in [0.25, 0.3) is 5.91 Å². The number of nitrogens with zero attached hydrogens (tertiary/aromatic N) is 1. The molecule has 2 aliphatic heterocycles. The molecule has 0 aliphatic carbocycles. The Morgan fingerprint density at radius 3 is 2.35 bits per heavy atom. The molecule has 2 N–H and O–H groups in total. The number of thioether (sulfide) groups is 1. The molecule has 2 saturated heterocycles. The molecule has 0 aromatic heterocycles. The average Bonchev–Trinajstić information content (AvgIpc) is 3.38. The Balaban J connectivity index is 1.16. The first kappa shape index (κ1) is 31.5. The number of alkyl carbamates (subject to hydrolysis) is 1. The van der Waals surface area contributed by atoms with Crippen molar-refractivity contribution in [2.24, 2.45) is 0 Å². The van der Waals surface area contributed by atoms with Gasteiger partial charge in [0.15, 0.2) is 6.29 Å². The SMILES string of the molecule is O=C(NC1CC(=O)N(c2cccc([C@H]3O[C@@H](CSc4ccccc4)C[C@@H](c4ccc(CO)cc4)O3)c2)C1=O)OCc1ccccc1. The number of benzene rings is 4. The number of ether oxygens (including phenoxy) is 3. The van der Waals surface area contributed by atoms with Gasteiger partial charge in [0, 0.05) is 22.6 Å². The Hall–Kier alpha value is -4.48. The molecule has 4 aromatic carbocycles. The van der Waals surface area contributed by atoms with Crippen LogP contribution in [0.3, 0.4) is 0 Å². The van der Waals surface area contributed by atoms with Crippen molar-refractivity contribution < 1.29 is 33.7 Å². The number of hydrogen-bond acceptors (Lipinski definition) is 8. The number of aliphatic hydroxyl groups is 1. The van der Waals surface area contributed by atoms with Crippen LogP contribution in [-0.4, -0.2) is 40.9 Å². The quantitative estimate of drug-likeness (QED) is 0.159. The van der Waals surface area contributed by atoms with Crippen LogP contribution in [0.2, 0.25) is 0 Å². The van der Waals surface area contributed by atoms with Crippen molar-refractivity contribution in [1.82, 2.24) is 5.32 Å². The summed E-state index contributed by atoms with van der Waals surface area (Å²) in [4.78, 5) is 41.0.